The lowest BCUT2D eigenvalue weighted by Gasteiger charge is -2.23. The zero-order chi connectivity index (χ0) is 12.3. The number of rotatable bonds is 1. The van der Waals surface area contributed by atoms with Crippen LogP contribution in [0.25, 0.3) is 0 Å². The van der Waals surface area contributed by atoms with Crippen molar-refractivity contribution in [3.63, 3.8) is 0 Å². The van der Waals surface area contributed by atoms with Gasteiger partial charge in [-0.15, -0.1) is 6.42 Å². The van der Waals surface area contributed by atoms with Gasteiger partial charge in [-0.05, 0) is 13.8 Å². The minimum absolute atomic E-state index is 0.270. The van der Waals surface area contributed by atoms with Gasteiger partial charge in [-0.3, -0.25) is 10.4 Å². The predicted molar refractivity (Wildman–Crippen MR) is 62.4 cm³/mol. The van der Waals surface area contributed by atoms with Crippen molar-refractivity contribution in [1.82, 2.24) is 20.7 Å². The number of terminal acetylenes is 1. The third kappa shape index (κ3) is 2.57. The molecule has 0 saturated carbocycles. The maximum Gasteiger partial charge on any atom is 0.339 e. The summed E-state index contributed by atoms with van der Waals surface area (Å²) in [7, 11) is 3.50. The van der Waals surface area contributed by atoms with E-state index in [1.807, 2.05) is 11.9 Å². The molecular weight excluding hydrogens is 206 g/mol. The molecule has 6 heteroatoms. The van der Waals surface area contributed by atoms with E-state index in [9.17, 15) is 4.79 Å². The van der Waals surface area contributed by atoms with Crippen molar-refractivity contribution < 1.29 is 4.79 Å². The van der Waals surface area contributed by atoms with Crippen molar-refractivity contribution in [3.05, 3.63) is 0 Å². The number of guanidine groups is 1. The van der Waals surface area contributed by atoms with Gasteiger partial charge < -0.3 is 10.2 Å². The van der Waals surface area contributed by atoms with Crippen molar-refractivity contribution in [2.75, 3.05) is 20.8 Å². The molecule has 6 nitrogen and oxygen atoms in total. The van der Waals surface area contributed by atoms with Crippen LogP contribution in [0.5, 0.6) is 0 Å². The number of carbonyl (C=O) groups is 1. The van der Waals surface area contributed by atoms with E-state index >= 15 is 0 Å². The van der Waals surface area contributed by atoms with Crippen LogP contribution < -0.4 is 10.7 Å². The number of nitrogens with zero attached hydrogens (tertiary/aromatic N) is 3. The molecule has 0 radical (unpaired) electrons. The topological polar surface area (TPSA) is 60.0 Å². The minimum Gasteiger partial charge on any atom is -0.325 e. The van der Waals surface area contributed by atoms with Crippen molar-refractivity contribution in [1.29, 1.82) is 0 Å². The Morgan fingerprint density at radius 1 is 1.69 bits per heavy atom. The fourth-order valence-electron chi connectivity index (χ4n) is 1.23. The maximum atomic E-state index is 11.8. The summed E-state index contributed by atoms with van der Waals surface area (Å²) in [6, 6.07) is -0.270. The fraction of sp³-hybridized carbons (Fsp3) is 0.600. The first-order valence-electron chi connectivity index (χ1n) is 4.91. The van der Waals surface area contributed by atoms with E-state index in [1.54, 1.807) is 20.9 Å². The summed E-state index contributed by atoms with van der Waals surface area (Å²) in [5.74, 6) is 3.15. The molecule has 0 aromatic heterocycles. The van der Waals surface area contributed by atoms with E-state index < -0.39 is 5.54 Å². The molecule has 16 heavy (non-hydrogen) atoms. The first-order valence-corrected chi connectivity index (χ1v) is 4.91. The molecule has 1 aliphatic rings. The Labute approximate surface area is 95.7 Å². The Balaban J connectivity index is 2.62. The largest absolute Gasteiger partial charge is 0.339 e. The van der Waals surface area contributed by atoms with Crippen LogP contribution in [0.1, 0.15) is 13.8 Å². The first-order chi connectivity index (χ1) is 7.39. The quantitative estimate of drug-likeness (QED) is 0.605. The summed E-state index contributed by atoms with van der Waals surface area (Å²) >= 11 is 0. The molecule has 0 aliphatic carbocycles. The van der Waals surface area contributed by atoms with E-state index in [2.05, 4.69) is 21.7 Å². The minimum atomic E-state index is -0.663. The summed E-state index contributed by atoms with van der Waals surface area (Å²) in [4.78, 5) is 17.6. The second-order valence-electron chi connectivity index (χ2n) is 4.13. The highest BCUT2D eigenvalue weighted by atomic mass is 16.2. The van der Waals surface area contributed by atoms with Gasteiger partial charge in [-0.2, -0.15) is 0 Å². The van der Waals surface area contributed by atoms with Crippen LogP contribution in [0.2, 0.25) is 0 Å². The molecule has 1 aliphatic heterocycles. The average molecular weight is 223 g/mol. The molecule has 1 heterocycles. The van der Waals surface area contributed by atoms with E-state index in [1.165, 1.54) is 5.01 Å². The zero-order valence-electron chi connectivity index (χ0n) is 10.0. The van der Waals surface area contributed by atoms with Gasteiger partial charge in [0.1, 0.15) is 6.67 Å². The lowest BCUT2D eigenvalue weighted by atomic mass is 10.1. The first kappa shape index (κ1) is 12.2. The standard InChI is InChI=1S/C10H17N5O/c1-6-10(2,3)12-9(16)15-7-14(5)8(11-4)13-15/h1H,7H2,2-5H3,(H,11,13)(H,12,16). The van der Waals surface area contributed by atoms with Crippen molar-refractivity contribution in [3.8, 4) is 12.3 Å². The molecule has 0 bridgehead atoms. The Hall–Kier alpha value is -1.90. The van der Waals surface area contributed by atoms with Gasteiger partial charge in [-0.25, -0.2) is 9.80 Å². The van der Waals surface area contributed by atoms with E-state index in [-0.39, 0.29) is 6.03 Å². The van der Waals surface area contributed by atoms with Crippen LogP contribution in [0.15, 0.2) is 4.99 Å². The molecular formula is C10H17N5O. The van der Waals surface area contributed by atoms with Crippen LogP contribution in [0.4, 0.5) is 4.79 Å². The molecule has 0 unspecified atom stereocenters. The number of aliphatic imine (C=N–C) groups is 1. The third-order valence-corrected chi connectivity index (χ3v) is 2.19. The lowest BCUT2D eigenvalue weighted by molar-refractivity contribution is 0.180. The zero-order valence-corrected chi connectivity index (χ0v) is 10.0. The summed E-state index contributed by atoms with van der Waals surface area (Å²) in [6.07, 6.45) is 5.30. The highest BCUT2D eigenvalue weighted by Gasteiger charge is 2.28. The van der Waals surface area contributed by atoms with Gasteiger partial charge in [0, 0.05) is 14.1 Å². The van der Waals surface area contributed by atoms with Crippen LogP contribution in [-0.2, 0) is 0 Å². The molecule has 0 aromatic carbocycles. The normalized spacial score (nSPS) is 18.3. The summed E-state index contributed by atoms with van der Waals surface area (Å²) < 4.78 is 0. The van der Waals surface area contributed by atoms with Gasteiger partial charge in [0.25, 0.3) is 0 Å². The maximum absolute atomic E-state index is 11.8. The van der Waals surface area contributed by atoms with Crippen molar-refractivity contribution in [2.45, 2.75) is 19.4 Å². The summed E-state index contributed by atoms with van der Waals surface area (Å²) in [5, 5.41) is 4.14. The van der Waals surface area contributed by atoms with Crippen molar-refractivity contribution in [2.24, 2.45) is 4.99 Å². The van der Waals surface area contributed by atoms with Gasteiger partial charge in [0.2, 0.25) is 5.96 Å². The number of carbonyl (C=O) groups excluding carboxylic acids is 1. The molecule has 88 valence electrons. The molecule has 2 N–H and O–H groups in total. The SMILES string of the molecule is C#CC(C)(C)NC(=O)N1CN(C)C(=NC)N1. The second kappa shape index (κ2) is 4.31. The number of amides is 2. The second-order valence-corrected chi connectivity index (χ2v) is 4.13. The number of hydrazine groups is 1. The van der Waals surface area contributed by atoms with Gasteiger partial charge >= 0.3 is 6.03 Å². The third-order valence-electron chi connectivity index (χ3n) is 2.19. The molecule has 1 rings (SSSR count). The number of nitrogens with one attached hydrogen (secondary N) is 2. The molecule has 0 atom stereocenters. The lowest BCUT2D eigenvalue weighted by Crippen LogP contribution is -2.52. The predicted octanol–water partition coefficient (Wildman–Crippen LogP) is -0.197. The summed E-state index contributed by atoms with van der Waals surface area (Å²) in [6.45, 7) is 3.96. The highest BCUT2D eigenvalue weighted by molar-refractivity contribution is 5.86. The van der Waals surface area contributed by atoms with Gasteiger partial charge in [0.05, 0.1) is 5.54 Å². The van der Waals surface area contributed by atoms with Crippen LogP contribution in [0.3, 0.4) is 0 Å². The Morgan fingerprint density at radius 3 is 2.75 bits per heavy atom. The monoisotopic (exact) mass is 223 g/mol. The highest BCUT2D eigenvalue weighted by Crippen LogP contribution is 2.04. The number of hydrogen-bond donors (Lipinski definition) is 2. The molecule has 1 saturated heterocycles. The fourth-order valence-corrected chi connectivity index (χ4v) is 1.23. The Kier molecular flexibility index (Phi) is 3.28. The Morgan fingerprint density at radius 2 is 2.31 bits per heavy atom. The molecule has 2 amide bonds. The van der Waals surface area contributed by atoms with E-state index in [0.717, 1.165) is 0 Å². The molecule has 1 fully saturated rings. The van der Waals surface area contributed by atoms with Gasteiger partial charge in [0.15, 0.2) is 0 Å². The average Bonchev–Trinajstić information content (AvgIpc) is 2.59. The van der Waals surface area contributed by atoms with Crippen molar-refractivity contribution >= 4 is 12.0 Å². The number of urea groups is 1. The Bertz CT molecular complexity index is 355. The molecule has 0 aromatic rings. The molecule has 0 spiro atoms. The summed E-state index contributed by atoms with van der Waals surface area (Å²) in [5.41, 5.74) is 2.20. The number of hydrogen-bond acceptors (Lipinski definition) is 2. The van der Waals surface area contributed by atoms with Crippen LogP contribution >= 0.6 is 0 Å². The van der Waals surface area contributed by atoms with E-state index in [0.29, 0.717) is 12.6 Å². The van der Waals surface area contributed by atoms with Crippen LogP contribution in [-0.4, -0.2) is 48.2 Å². The van der Waals surface area contributed by atoms with E-state index in [4.69, 9.17) is 6.42 Å². The van der Waals surface area contributed by atoms with Gasteiger partial charge in [-0.1, -0.05) is 5.92 Å². The smallest absolute Gasteiger partial charge is 0.325 e. The van der Waals surface area contributed by atoms with Crippen LogP contribution in [0, 0.1) is 12.3 Å².